The van der Waals surface area contributed by atoms with E-state index in [-0.39, 0.29) is 17.6 Å². The van der Waals surface area contributed by atoms with E-state index in [1.54, 1.807) is 18.9 Å². The molecule has 1 saturated heterocycles. The lowest BCUT2D eigenvalue weighted by Crippen LogP contribution is -2.49. The Morgan fingerprint density at radius 1 is 1.09 bits per heavy atom. The van der Waals surface area contributed by atoms with E-state index in [1.165, 1.54) is 11.8 Å². The summed E-state index contributed by atoms with van der Waals surface area (Å²) < 4.78 is 12.5. The summed E-state index contributed by atoms with van der Waals surface area (Å²) in [4.78, 5) is 27.2. The van der Waals surface area contributed by atoms with E-state index in [0.717, 1.165) is 29.8 Å². The van der Waals surface area contributed by atoms with Gasteiger partial charge in [0.05, 0.1) is 19.5 Å². The number of rotatable bonds is 8. The number of hydrogen-bond donors (Lipinski definition) is 0. The van der Waals surface area contributed by atoms with E-state index in [9.17, 15) is 9.59 Å². The summed E-state index contributed by atoms with van der Waals surface area (Å²) in [5.74, 6) is 1.10. The highest BCUT2D eigenvalue weighted by Crippen LogP contribution is 2.30. The number of piperidine rings is 1. The number of amides is 1. The Morgan fingerprint density at radius 3 is 2.68 bits per heavy atom. The van der Waals surface area contributed by atoms with Crippen LogP contribution in [0.4, 0.5) is 0 Å². The van der Waals surface area contributed by atoms with Crippen molar-refractivity contribution in [1.82, 2.24) is 19.7 Å². The molecule has 1 atom stereocenters. The van der Waals surface area contributed by atoms with Gasteiger partial charge >= 0.3 is 5.97 Å². The van der Waals surface area contributed by atoms with Crippen molar-refractivity contribution >= 4 is 23.6 Å². The Kier molecular flexibility index (Phi) is 7.84. The number of methoxy groups -OCH3 is 1. The summed E-state index contributed by atoms with van der Waals surface area (Å²) in [6.07, 6.45) is 2.43. The molecular formula is C25H28N4O4S. The highest BCUT2D eigenvalue weighted by atomic mass is 32.2. The van der Waals surface area contributed by atoms with E-state index in [1.807, 2.05) is 59.2 Å². The second-order valence-electron chi connectivity index (χ2n) is 7.85. The molecule has 4 rings (SSSR count). The SMILES string of the molecule is CCOC(=O)C1CCCCN1C(=O)CSc1nnc(-c2cccc(OC)c2)n1-c1ccccc1. The summed E-state index contributed by atoms with van der Waals surface area (Å²) in [5.41, 5.74) is 1.75. The second-order valence-corrected chi connectivity index (χ2v) is 8.79. The Bertz CT molecular complexity index is 1130. The Hall–Kier alpha value is -3.33. The Balaban J connectivity index is 1.59. The maximum absolute atomic E-state index is 13.1. The highest BCUT2D eigenvalue weighted by molar-refractivity contribution is 7.99. The zero-order chi connectivity index (χ0) is 23.9. The van der Waals surface area contributed by atoms with Gasteiger partial charge in [-0.05, 0) is 50.5 Å². The maximum atomic E-state index is 13.1. The van der Waals surface area contributed by atoms with Crippen LogP contribution in [0.15, 0.2) is 59.8 Å². The van der Waals surface area contributed by atoms with Gasteiger partial charge in [-0.25, -0.2) is 4.79 Å². The molecule has 9 heteroatoms. The molecule has 2 heterocycles. The Morgan fingerprint density at radius 2 is 1.91 bits per heavy atom. The summed E-state index contributed by atoms with van der Waals surface area (Å²) in [7, 11) is 1.62. The van der Waals surface area contributed by atoms with Gasteiger partial charge in [-0.1, -0.05) is 42.1 Å². The fourth-order valence-electron chi connectivity index (χ4n) is 4.05. The molecule has 0 N–H and O–H groups in total. The third kappa shape index (κ3) is 5.25. The van der Waals surface area contributed by atoms with E-state index < -0.39 is 6.04 Å². The van der Waals surface area contributed by atoms with Gasteiger partial charge in [0.15, 0.2) is 11.0 Å². The highest BCUT2D eigenvalue weighted by Gasteiger charge is 2.33. The number of hydrogen-bond acceptors (Lipinski definition) is 7. The minimum Gasteiger partial charge on any atom is -0.497 e. The first kappa shape index (κ1) is 23.8. The molecule has 1 aliphatic heterocycles. The quantitative estimate of drug-likeness (QED) is 0.356. The van der Waals surface area contributed by atoms with Gasteiger partial charge in [0, 0.05) is 17.8 Å². The summed E-state index contributed by atoms with van der Waals surface area (Å²) in [6, 6.07) is 16.9. The van der Waals surface area contributed by atoms with Crippen molar-refractivity contribution < 1.29 is 19.1 Å². The van der Waals surface area contributed by atoms with Gasteiger partial charge in [0.1, 0.15) is 11.8 Å². The molecule has 1 aromatic heterocycles. The average Bonchev–Trinajstić information content (AvgIpc) is 3.32. The van der Waals surface area contributed by atoms with Crippen LogP contribution in [-0.4, -0.2) is 63.6 Å². The van der Waals surface area contributed by atoms with Crippen LogP contribution in [0, 0.1) is 0 Å². The Labute approximate surface area is 203 Å². The van der Waals surface area contributed by atoms with Gasteiger partial charge in [-0.3, -0.25) is 9.36 Å². The van der Waals surface area contributed by atoms with Crippen LogP contribution in [0.25, 0.3) is 17.1 Å². The van der Waals surface area contributed by atoms with Crippen molar-refractivity contribution in [3.8, 4) is 22.8 Å². The molecule has 0 spiro atoms. The number of aromatic nitrogens is 3. The van der Waals surface area contributed by atoms with Gasteiger partial charge in [0.25, 0.3) is 0 Å². The monoisotopic (exact) mass is 480 g/mol. The number of thioether (sulfide) groups is 1. The van der Waals surface area contributed by atoms with Crippen molar-refractivity contribution in [2.24, 2.45) is 0 Å². The molecule has 34 heavy (non-hydrogen) atoms. The van der Waals surface area contributed by atoms with Crippen LogP contribution in [0.3, 0.4) is 0 Å². The maximum Gasteiger partial charge on any atom is 0.328 e. The summed E-state index contributed by atoms with van der Waals surface area (Å²) in [6.45, 7) is 2.64. The van der Waals surface area contributed by atoms with Crippen LogP contribution in [0.2, 0.25) is 0 Å². The zero-order valence-corrected chi connectivity index (χ0v) is 20.2. The first-order valence-electron chi connectivity index (χ1n) is 11.4. The fraction of sp³-hybridized carbons (Fsp3) is 0.360. The van der Waals surface area contributed by atoms with Gasteiger partial charge in [-0.2, -0.15) is 0 Å². The van der Waals surface area contributed by atoms with E-state index in [0.29, 0.717) is 30.6 Å². The van der Waals surface area contributed by atoms with Gasteiger partial charge < -0.3 is 14.4 Å². The number of ether oxygens (including phenoxy) is 2. The topological polar surface area (TPSA) is 86.6 Å². The lowest BCUT2D eigenvalue weighted by molar-refractivity contribution is -0.155. The molecule has 0 aliphatic carbocycles. The number of esters is 1. The summed E-state index contributed by atoms with van der Waals surface area (Å²) >= 11 is 1.31. The van der Waals surface area contributed by atoms with Crippen molar-refractivity contribution in [3.05, 3.63) is 54.6 Å². The van der Waals surface area contributed by atoms with Crippen molar-refractivity contribution in [1.29, 1.82) is 0 Å². The van der Waals surface area contributed by atoms with Crippen molar-refractivity contribution in [2.45, 2.75) is 37.4 Å². The minimum absolute atomic E-state index is 0.103. The van der Waals surface area contributed by atoms with Crippen LogP contribution in [0.1, 0.15) is 26.2 Å². The molecule has 1 fully saturated rings. The molecule has 0 saturated carbocycles. The lowest BCUT2D eigenvalue weighted by atomic mass is 10.0. The third-order valence-electron chi connectivity index (χ3n) is 5.68. The molecule has 2 aromatic carbocycles. The van der Waals surface area contributed by atoms with Crippen LogP contribution in [-0.2, 0) is 14.3 Å². The molecule has 0 bridgehead atoms. The van der Waals surface area contributed by atoms with E-state index in [2.05, 4.69) is 10.2 Å². The predicted molar refractivity (Wildman–Crippen MR) is 130 cm³/mol. The number of likely N-dealkylation sites (tertiary alicyclic amines) is 1. The first-order chi connectivity index (χ1) is 16.6. The standard InChI is InChI=1S/C25H28N4O4S/c1-3-33-24(31)21-14-7-8-15-28(21)22(30)17-34-25-27-26-23(18-10-9-13-20(16-18)32-2)29(25)19-11-5-4-6-12-19/h4-6,9-13,16,21H,3,7-8,14-15,17H2,1-2H3. The molecule has 178 valence electrons. The largest absolute Gasteiger partial charge is 0.497 e. The zero-order valence-electron chi connectivity index (χ0n) is 19.3. The number of nitrogens with zero attached hydrogens (tertiary/aromatic N) is 4. The molecule has 1 aliphatic rings. The second kappa shape index (κ2) is 11.2. The molecule has 1 amide bonds. The number of carbonyl (C=O) groups excluding carboxylic acids is 2. The molecule has 3 aromatic rings. The van der Waals surface area contributed by atoms with E-state index >= 15 is 0 Å². The number of para-hydroxylation sites is 1. The van der Waals surface area contributed by atoms with Crippen molar-refractivity contribution in [3.63, 3.8) is 0 Å². The fourth-order valence-corrected chi connectivity index (χ4v) is 4.88. The number of benzene rings is 2. The number of carbonyl (C=O) groups is 2. The first-order valence-corrected chi connectivity index (χ1v) is 12.3. The molecule has 1 unspecified atom stereocenters. The van der Waals surface area contributed by atoms with Crippen LogP contribution >= 0.6 is 11.8 Å². The van der Waals surface area contributed by atoms with Crippen LogP contribution in [0.5, 0.6) is 5.75 Å². The average molecular weight is 481 g/mol. The lowest BCUT2D eigenvalue weighted by Gasteiger charge is -2.33. The molecule has 0 radical (unpaired) electrons. The normalized spacial score (nSPS) is 15.7. The van der Waals surface area contributed by atoms with Gasteiger partial charge in [-0.15, -0.1) is 10.2 Å². The van der Waals surface area contributed by atoms with Crippen LogP contribution < -0.4 is 4.74 Å². The van der Waals surface area contributed by atoms with Crippen molar-refractivity contribution in [2.75, 3.05) is 26.0 Å². The predicted octanol–water partition coefficient (Wildman–Crippen LogP) is 3.98. The molecular weight excluding hydrogens is 452 g/mol. The smallest absolute Gasteiger partial charge is 0.328 e. The van der Waals surface area contributed by atoms with Gasteiger partial charge in [0.2, 0.25) is 5.91 Å². The molecule has 8 nitrogen and oxygen atoms in total. The minimum atomic E-state index is -0.513. The van der Waals surface area contributed by atoms with E-state index in [4.69, 9.17) is 9.47 Å². The summed E-state index contributed by atoms with van der Waals surface area (Å²) in [5, 5.41) is 9.43. The third-order valence-corrected chi connectivity index (χ3v) is 6.60.